The maximum atomic E-state index is 11.5. The lowest BCUT2D eigenvalue weighted by Crippen LogP contribution is -2.34. The third-order valence-corrected chi connectivity index (χ3v) is 2.59. The Hall–Kier alpha value is -1.39. The second-order valence-corrected chi connectivity index (χ2v) is 4.43. The predicted octanol–water partition coefficient (Wildman–Crippen LogP) is 1.05. The van der Waals surface area contributed by atoms with Gasteiger partial charge in [0.15, 0.2) is 0 Å². The van der Waals surface area contributed by atoms with Crippen molar-refractivity contribution in [3.8, 4) is 0 Å². The van der Waals surface area contributed by atoms with Crippen LogP contribution in [0.4, 0.5) is 0 Å². The van der Waals surface area contributed by atoms with Crippen LogP contribution in [0.5, 0.6) is 0 Å². The number of rotatable bonds is 8. The van der Waals surface area contributed by atoms with Crippen molar-refractivity contribution >= 4 is 5.91 Å². The molecule has 0 fully saturated rings. The molecule has 1 aromatic carbocycles. The number of nitrogens with one attached hydrogen (secondary N) is 2. The van der Waals surface area contributed by atoms with Crippen molar-refractivity contribution in [1.82, 2.24) is 10.6 Å². The Balaban J connectivity index is 2.04. The van der Waals surface area contributed by atoms with E-state index in [2.05, 4.69) is 10.6 Å². The lowest BCUT2D eigenvalue weighted by molar-refractivity contribution is -0.120. The van der Waals surface area contributed by atoms with Crippen molar-refractivity contribution in [3.63, 3.8) is 0 Å². The summed E-state index contributed by atoms with van der Waals surface area (Å²) in [5.41, 5.74) is 1.10. The zero-order valence-corrected chi connectivity index (χ0v) is 10.9. The molecular weight excluding hydrogens is 228 g/mol. The van der Waals surface area contributed by atoms with Crippen molar-refractivity contribution in [1.29, 1.82) is 0 Å². The van der Waals surface area contributed by atoms with Gasteiger partial charge in [-0.3, -0.25) is 4.79 Å². The standard InChI is InChI=1S/C14H22N2O2/c1-12(17)6-5-9-15-11-14(18)16-10-13-7-3-2-4-8-13/h2-4,7-8,12,15,17H,5-6,9-11H2,1H3,(H,16,18). The maximum Gasteiger partial charge on any atom is 0.234 e. The molecule has 0 aromatic heterocycles. The Kier molecular flexibility index (Phi) is 7.06. The fraction of sp³-hybridized carbons (Fsp3) is 0.500. The smallest absolute Gasteiger partial charge is 0.234 e. The maximum absolute atomic E-state index is 11.5. The molecule has 100 valence electrons. The van der Waals surface area contributed by atoms with Crippen molar-refractivity contribution in [3.05, 3.63) is 35.9 Å². The Labute approximate surface area is 108 Å². The van der Waals surface area contributed by atoms with Crippen LogP contribution in [0.1, 0.15) is 25.3 Å². The van der Waals surface area contributed by atoms with Gasteiger partial charge in [-0.05, 0) is 31.9 Å². The van der Waals surface area contributed by atoms with Crippen LogP contribution in [0.15, 0.2) is 30.3 Å². The summed E-state index contributed by atoms with van der Waals surface area (Å²) in [7, 11) is 0. The summed E-state index contributed by atoms with van der Waals surface area (Å²) >= 11 is 0. The first-order chi connectivity index (χ1) is 8.68. The van der Waals surface area contributed by atoms with E-state index < -0.39 is 0 Å². The average molecular weight is 250 g/mol. The minimum atomic E-state index is -0.265. The zero-order valence-electron chi connectivity index (χ0n) is 10.9. The van der Waals surface area contributed by atoms with E-state index in [-0.39, 0.29) is 12.0 Å². The quantitative estimate of drug-likeness (QED) is 0.604. The third kappa shape index (κ3) is 7.04. The van der Waals surface area contributed by atoms with Crippen molar-refractivity contribution in [2.45, 2.75) is 32.4 Å². The Morgan fingerprint density at radius 3 is 2.72 bits per heavy atom. The molecule has 1 unspecified atom stereocenters. The van der Waals surface area contributed by atoms with Crippen LogP contribution in [0.3, 0.4) is 0 Å². The largest absolute Gasteiger partial charge is 0.393 e. The van der Waals surface area contributed by atoms with E-state index in [0.29, 0.717) is 13.1 Å². The number of benzene rings is 1. The van der Waals surface area contributed by atoms with Crippen LogP contribution < -0.4 is 10.6 Å². The van der Waals surface area contributed by atoms with Gasteiger partial charge in [0.2, 0.25) is 5.91 Å². The van der Waals surface area contributed by atoms with Crippen molar-refractivity contribution in [2.75, 3.05) is 13.1 Å². The number of carbonyl (C=O) groups is 1. The molecule has 0 saturated heterocycles. The summed E-state index contributed by atoms with van der Waals surface area (Å²) < 4.78 is 0. The highest BCUT2D eigenvalue weighted by molar-refractivity contribution is 5.77. The van der Waals surface area contributed by atoms with Gasteiger partial charge in [0.25, 0.3) is 0 Å². The Morgan fingerprint density at radius 1 is 1.33 bits per heavy atom. The molecule has 0 aliphatic rings. The first kappa shape index (κ1) is 14.7. The molecule has 1 atom stereocenters. The molecule has 1 amide bonds. The van der Waals surface area contributed by atoms with E-state index in [1.165, 1.54) is 0 Å². The van der Waals surface area contributed by atoms with E-state index in [4.69, 9.17) is 5.11 Å². The minimum absolute atomic E-state index is 0.00380. The second kappa shape index (κ2) is 8.66. The Morgan fingerprint density at radius 2 is 2.06 bits per heavy atom. The number of hydrogen-bond donors (Lipinski definition) is 3. The lowest BCUT2D eigenvalue weighted by Gasteiger charge is -2.07. The summed E-state index contributed by atoms with van der Waals surface area (Å²) in [6, 6.07) is 9.83. The summed E-state index contributed by atoms with van der Waals surface area (Å²) in [6.07, 6.45) is 1.38. The molecule has 0 spiro atoms. The number of amides is 1. The fourth-order valence-corrected chi connectivity index (χ4v) is 1.58. The van der Waals surface area contributed by atoms with Crippen LogP contribution in [-0.2, 0) is 11.3 Å². The van der Waals surface area contributed by atoms with Gasteiger partial charge in [0.05, 0.1) is 12.6 Å². The van der Waals surface area contributed by atoms with E-state index in [0.717, 1.165) is 24.9 Å². The molecular formula is C14H22N2O2. The van der Waals surface area contributed by atoms with E-state index >= 15 is 0 Å². The molecule has 4 heteroatoms. The SMILES string of the molecule is CC(O)CCCNCC(=O)NCc1ccccc1. The van der Waals surface area contributed by atoms with Crippen molar-refractivity contribution in [2.24, 2.45) is 0 Å². The van der Waals surface area contributed by atoms with Gasteiger partial charge in [-0.1, -0.05) is 30.3 Å². The van der Waals surface area contributed by atoms with Crippen LogP contribution in [-0.4, -0.2) is 30.2 Å². The molecule has 1 aromatic rings. The zero-order chi connectivity index (χ0) is 13.2. The van der Waals surface area contributed by atoms with E-state index in [9.17, 15) is 4.79 Å². The first-order valence-corrected chi connectivity index (χ1v) is 6.38. The normalized spacial score (nSPS) is 12.1. The monoisotopic (exact) mass is 250 g/mol. The molecule has 3 N–H and O–H groups in total. The topological polar surface area (TPSA) is 61.4 Å². The van der Waals surface area contributed by atoms with Crippen LogP contribution in [0.2, 0.25) is 0 Å². The van der Waals surface area contributed by atoms with Crippen LogP contribution in [0.25, 0.3) is 0 Å². The van der Waals surface area contributed by atoms with Gasteiger partial charge in [0, 0.05) is 6.54 Å². The fourth-order valence-electron chi connectivity index (χ4n) is 1.58. The van der Waals surface area contributed by atoms with E-state index in [1.54, 1.807) is 6.92 Å². The molecule has 0 aliphatic carbocycles. The molecule has 4 nitrogen and oxygen atoms in total. The molecule has 18 heavy (non-hydrogen) atoms. The van der Waals surface area contributed by atoms with Gasteiger partial charge >= 0.3 is 0 Å². The highest BCUT2D eigenvalue weighted by atomic mass is 16.3. The first-order valence-electron chi connectivity index (χ1n) is 6.38. The highest BCUT2D eigenvalue weighted by Crippen LogP contribution is 1.96. The molecule has 0 bridgehead atoms. The van der Waals surface area contributed by atoms with Gasteiger partial charge in [-0.2, -0.15) is 0 Å². The number of hydrogen-bond acceptors (Lipinski definition) is 3. The third-order valence-electron chi connectivity index (χ3n) is 2.59. The van der Waals surface area contributed by atoms with Crippen LogP contribution >= 0.6 is 0 Å². The molecule has 0 heterocycles. The second-order valence-electron chi connectivity index (χ2n) is 4.43. The molecule has 0 saturated carbocycles. The summed E-state index contributed by atoms with van der Waals surface area (Å²) in [5, 5.41) is 15.0. The number of aliphatic hydroxyl groups is 1. The highest BCUT2D eigenvalue weighted by Gasteiger charge is 2.00. The summed E-state index contributed by atoms with van der Waals surface area (Å²) in [4.78, 5) is 11.5. The minimum Gasteiger partial charge on any atom is -0.393 e. The average Bonchev–Trinajstić information content (AvgIpc) is 2.37. The predicted molar refractivity (Wildman–Crippen MR) is 72.1 cm³/mol. The van der Waals surface area contributed by atoms with Gasteiger partial charge in [-0.15, -0.1) is 0 Å². The molecule has 1 rings (SSSR count). The Bertz CT molecular complexity index is 339. The summed E-state index contributed by atoms with van der Waals surface area (Å²) in [5.74, 6) is -0.00380. The number of carbonyl (C=O) groups excluding carboxylic acids is 1. The van der Waals surface area contributed by atoms with E-state index in [1.807, 2.05) is 30.3 Å². The van der Waals surface area contributed by atoms with Gasteiger partial charge in [-0.25, -0.2) is 0 Å². The molecule has 0 radical (unpaired) electrons. The lowest BCUT2D eigenvalue weighted by atomic mass is 10.2. The van der Waals surface area contributed by atoms with Gasteiger partial charge < -0.3 is 15.7 Å². The van der Waals surface area contributed by atoms with Gasteiger partial charge in [0.1, 0.15) is 0 Å². The number of aliphatic hydroxyl groups excluding tert-OH is 1. The van der Waals surface area contributed by atoms with Crippen molar-refractivity contribution < 1.29 is 9.90 Å². The van der Waals surface area contributed by atoms with Crippen LogP contribution in [0, 0.1) is 0 Å². The molecule has 0 aliphatic heterocycles. The summed E-state index contributed by atoms with van der Waals surface area (Å²) in [6.45, 7) is 3.41.